The first-order chi connectivity index (χ1) is 8.96. The molecule has 19 heavy (non-hydrogen) atoms. The van der Waals surface area contributed by atoms with E-state index >= 15 is 0 Å². The van der Waals surface area contributed by atoms with Gasteiger partial charge in [-0.1, -0.05) is 0 Å². The Morgan fingerprint density at radius 3 is 2.84 bits per heavy atom. The third-order valence-corrected chi connectivity index (χ3v) is 3.89. The Balaban J connectivity index is 1.82. The van der Waals surface area contributed by atoms with Crippen LogP contribution in [-0.2, 0) is 9.53 Å². The Morgan fingerprint density at radius 1 is 1.53 bits per heavy atom. The van der Waals surface area contributed by atoms with Gasteiger partial charge in [-0.3, -0.25) is 10.1 Å². The first-order valence-electron chi connectivity index (χ1n) is 6.54. The maximum Gasteiger partial charge on any atom is 0.262 e. The van der Waals surface area contributed by atoms with E-state index in [0.717, 1.165) is 6.42 Å². The zero-order valence-electron chi connectivity index (χ0n) is 10.8. The third kappa shape index (κ3) is 3.61. The first kappa shape index (κ1) is 14.6. The summed E-state index contributed by atoms with van der Waals surface area (Å²) in [5.41, 5.74) is -0.258. The second-order valence-electron chi connectivity index (χ2n) is 5.49. The highest BCUT2D eigenvalue weighted by molar-refractivity contribution is 5.82. The lowest BCUT2D eigenvalue weighted by Gasteiger charge is -2.27. The molecule has 7 heteroatoms. The Hall–Kier alpha value is -0.790. The van der Waals surface area contributed by atoms with Crippen LogP contribution in [-0.4, -0.2) is 55.9 Å². The number of hydrogen-bond donors (Lipinski definition) is 3. The molecule has 0 bridgehead atoms. The molecule has 2 fully saturated rings. The number of hydrogen-bond acceptors (Lipinski definition) is 4. The second kappa shape index (κ2) is 5.68. The summed E-state index contributed by atoms with van der Waals surface area (Å²) in [5, 5.41) is 14.3. The first-order valence-corrected chi connectivity index (χ1v) is 6.54. The fraction of sp³-hybridized carbons (Fsp3) is 0.917. The highest BCUT2D eigenvalue weighted by Gasteiger charge is 2.43. The normalized spacial score (nSPS) is 33.5. The largest absolute Gasteiger partial charge is 0.396 e. The van der Waals surface area contributed by atoms with Gasteiger partial charge in [-0.05, 0) is 12.8 Å². The van der Waals surface area contributed by atoms with Crippen LogP contribution in [0.1, 0.15) is 19.3 Å². The lowest BCUT2D eigenvalue weighted by molar-refractivity contribution is -0.124. The van der Waals surface area contributed by atoms with E-state index in [4.69, 9.17) is 9.84 Å². The van der Waals surface area contributed by atoms with Gasteiger partial charge in [-0.2, -0.15) is 0 Å². The van der Waals surface area contributed by atoms with Crippen LogP contribution >= 0.6 is 0 Å². The smallest absolute Gasteiger partial charge is 0.262 e. The van der Waals surface area contributed by atoms with Crippen LogP contribution in [0.2, 0.25) is 0 Å². The van der Waals surface area contributed by atoms with Crippen molar-refractivity contribution in [2.75, 3.05) is 32.9 Å². The number of nitrogens with one attached hydrogen (secondary N) is 2. The fourth-order valence-electron chi connectivity index (χ4n) is 2.61. The minimum Gasteiger partial charge on any atom is -0.396 e. The summed E-state index contributed by atoms with van der Waals surface area (Å²) in [5.74, 6) is -3.21. The number of rotatable bonds is 5. The number of carbonyl (C=O) groups is 1. The number of ether oxygens (including phenoxy) is 1. The lowest BCUT2D eigenvalue weighted by Crippen LogP contribution is -2.45. The Labute approximate surface area is 110 Å². The van der Waals surface area contributed by atoms with Gasteiger partial charge in [0.2, 0.25) is 5.91 Å². The van der Waals surface area contributed by atoms with Crippen molar-refractivity contribution in [3.8, 4) is 0 Å². The van der Waals surface area contributed by atoms with E-state index in [1.54, 1.807) is 0 Å². The summed E-state index contributed by atoms with van der Waals surface area (Å²) in [6.07, 6.45) is 0.853. The van der Waals surface area contributed by atoms with E-state index in [-0.39, 0.29) is 12.0 Å². The molecule has 0 aromatic heterocycles. The van der Waals surface area contributed by atoms with Gasteiger partial charge in [0.15, 0.2) is 0 Å². The molecule has 2 aliphatic heterocycles. The van der Waals surface area contributed by atoms with Gasteiger partial charge in [0, 0.05) is 31.6 Å². The second-order valence-corrected chi connectivity index (χ2v) is 5.49. The molecule has 2 rings (SSSR count). The zero-order valence-corrected chi connectivity index (χ0v) is 10.8. The van der Waals surface area contributed by atoms with Crippen molar-refractivity contribution in [3.63, 3.8) is 0 Å². The molecule has 0 aliphatic carbocycles. The van der Waals surface area contributed by atoms with Gasteiger partial charge in [0.25, 0.3) is 5.92 Å². The molecule has 5 nitrogen and oxygen atoms in total. The van der Waals surface area contributed by atoms with Crippen molar-refractivity contribution in [2.45, 2.75) is 31.2 Å². The number of amides is 1. The van der Waals surface area contributed by atoms with Gasteiger partial charge in [0.05, 0.1) is 19.2 Å². The molecule has 2 unspecified atom stereocenters. The number of halogens is 2. The molecule has 1 amide bonds. The molecular weight excluding hydrogens is 258 g/mol. The van der Waals surface area contributed by atoms with Crippen molar-refractivity contribution >= 4 is 5.91 Å². The highest BCUT2D eigenvalue weighted by atomic mass is 19.3. The molecule has 3 N–H and O–H groups in total. The molecule has 0 saturated carbocycles. The van der Waals surface area contributed by atoms with E-state index < -0.39 is 30.8 Å². The summed E-state index contributed by atoms with van der Waals surface area (Å²) in [7, 11) is 0. The summed E-state index contributed by atoms with van der Waals surface area (Å²) in [6.45, 7) is 1.03. The monoisotopic (exact) mass is 278 g/mol. The minimum absolute atomic E-state index is 0.0268. The van der Waals surface area contributed by atoms with Crippen LogP contribution in [0.3, 0.4) is 0 Å². The van der Waals surface area contributed by atoms with E-state index in [9.17, 15) is 13.6 Å². The van der Waals surface area contributed by atoms with Crippen LogP contribution in [0.25, 0.3) is 0 Å². The van der Waals surface area contributed by atoms with E-state index in [0.29, 0.717) is 26.2 Å². The minimum atomic E-state index is -2.80. The standard InChI is InChI=1S/C12H20F2N2O3/c13-12(14)5-9(15-7-12)10(18)16-6-11(1-3-17)2-4-19-8-11/h9,15,17H,1-8H2,(H,16,18). The number of aliphatic hydroxyl groups excluding tert-OH is 1. The maximum atomic E-state index is 13.0. The molecular formula is C12H20F2N2O3. The van der Waals surface area contributed by atoms with Crippen LogP contribution in [0.4, 0.5) is 8.78 Å². The molecule has 0 aromatic rings. The number of aliphatic hydroxyl groups is 1. The van der Waals surface area contributed by atoms with Crippen LogP contribution < -0.4 is 10.6 Å². The Kier molecular flexibility index (Phi) is 4.37. The quantitative estimate of drug-likeness (QED) is 0.656. The summed E-state index contributed by atoms with van der Waals surface area (Å²) >= 11 is 0. The van der Waals surface area contributed by atoms with Crippen molar-refractivity contribution in [1.82, 2.24) is 10.6 Å². The van der Waals surface area contributed by atoms with Crippen molar-refractivity contribution in [2.24, 2.45) is 5.41 Å². The van der Waals surface area contributed by atoms with E-state index in [1.807, 2.05) is 0 Å². The Bertz CT molecular complexity index is 333. The SMILES string of the molecule is O=C(NCC1(CCO)CCOC1)C1CC(F)(F)CN1. The molecule has 0 radical (unpaired) electrons. The predicted octanol–water partition coefficient (Wildman–Crippen LogP) is -0.111. The summed E-state index contributed by atoms with van der Waals surface area (Å²) in [4.78, 5) is 11.8. The van der Waals surface area contributed by atoms with Crippen LogP contribution in [0, 0.1) is 5.41 Å². The van der Waals surface area contributed by atoms with Gasteiger partial charge >= 0.3 is 0 Å². The van der Waals surface area contributed by atoms with Gasteiger partial charge in [-0.15, -0.1) is 0 Å². The molecule has 110 valence electrons. The van der Waals surface area contributed by atoms with E-state index in [1.165, 1.54) is 0 Å². The summed E-state index contributed by atoms with van der Waals surface area (Å²) < 4.78 is 31.3. The number of alkyl halides is 2. The number of carbonyl (C=O) groups excluding carboxylic acids is 1. The zero-order chi connectivity index (χ0) is 13.9. The lowest BCUT2D eigenvalue weighted by atomic mass is 9.84. The van der Waals surface area contributed by atoms with Gasteiger partial charge in [-0.25, -0.2) is 8.78 Å². The molecule has 2 heterocycles. The molecule has 2 aliphatic rings. The van der Waals surface area contributed by atoms with Crippen molar-refractivity contribution in [1.29, 1.82) is 0 Å². The average molecular weight is 278 g/mol. The molecule has 0 aromatic carbocycles. The third-order valence-electron chi connectivity index (χ3n) is 3.89. The van der Waals surface area contributed by atoms with Crippen LogP contribution in [0.5, 0.6) is 0 Å². The highest BCUT2D eigenvalue weighted by Crippen LogP contribution is 2.31. The maximum absolute atomic E-state index is 13.0. The topological polar surface area (TPSA) is 70.6 Å². The average Bonchev–Trinajstić information content (AvgIpc) is 2.94. The Morgan fingerprint density at radius 2 is 2.32 bits per heavy atom. The molecule has 2 saturated heterocycles. The van der Waals surface area contributed by atoms with E-state index in [2.05, 4.69) is 10.6 Å². The van der Waals surface area contributed by atoms with Gasteiger partial charge < -0.3 is 15.2 Å². The fourth-order valence-corrected chi connectivity index (χ4v) is 2.61. The van der Waals surface area contributed by atoms with Crippen molar-refractivity contribution < 1.29 is 23.4 Å². The van der Waals surface area contributed by atoms with Crippen molar-refractivity contribution in [3.05, 3.63) is 0 Å². The van der Waals surface area contributed by atoms with Gasteiger partial charge in [0.1, 0.15) is 0 Å². The molecule has 2 atom stereocenters. The summed E-state index contributed by atoms with van der Waals surface area (Å²) in [6, 6.07) is -0.830. The van der Waals surface area contributed by atoms with Crippen LogP contribution in [0.15, 0.2) is 0 Å². The molecule has 0 spiro atoms. The predicted molar refractivity (Wildman–Crippen MR) is 63.9 cm³/mol.